The van der Waals surface area contributed by atoms with E-state index in [9.17, 15) is 9.59 Å². The predicted octanol–water partition coefficient (Wildman–Crippen LogP) is 1.16. The molecule has 0 spiro atoms. The maximum Gasteiger partial charge on any atom is 0.339 e. The van der Waals surface area contributed by atoms with Gasteiger partial charge in [0.1, 0.15) is 0 Å². The zero-order valence-electron chi connectivity index (χ0n) is 10.2. The largest absolute Gasteiger partial charge is 0.465 e. The van der Waals surface area contributed by atoms with E-state index in [1.165, 1.54) is 7.11 Å². The number of nitrogens with one attached hydrogen (secondary N) is 2. The summed E-state index contributed by atoms with van der Waals surface area (Å²) in [5.74, 6) is -0.474. The number of anilines is 1. The van der Waals surface area contributed by atoms with Crippen LogP contribution >= 0.6 is 0 Å². The summed E-state index contributed by atoms with van der Waals surface area (Å²) in [6.07, 6.45) is 2.12. The van der Waals surface area contributed by atoms with Crippen molar-refractivity contribution in [2.45, 2.75) is 18.9 Å². The van der Waals surface area contributed by atoms with Crippen LogP contribution in [-0.2, 0) is 9.53 Å². The first-order valence-electron chi connectivity index (χ1n) is 5.91. The van der Waals surface area contributed by atoms with Crippen molar-refractivity contribution in [3.8, 4) is 0 Å². The second-order valence-corrected chi connectivity index (χ2v) is 4.23. The lowest BCUT2D eigenvalue weighted by Gasteiger charge is -2.10. The summed E-state index contributed by atoms with van der Waals surface area (Å²) in [6, 6.07) is 7.30. The van der Waals surface area contributed by atoms with Crippen LogP contribution in [0.2, 0.25) is 0 Å². The van der Waals surface area contributed by atoms with E-state index in [1.54, 1.807) is 24.3 Å². The van der Waals surface area contributed by atoms with Crippen LogP contribution in [0.25, 0.3) is 0 Å². The van der Waals surface area contributed by atoms with Crippen LogP contribution in [0.3, 0.4) is 0 Å². The number of hydrogen-bond acceptors (Lipinski definition) is 4. The molecule has 0 aliphatic heterocycles. The van der Waals surface area contributed by atoms with E-state index < -0.39 is 5.97 Å². The molecule has 5 heteroatoms. The van der Waals surface area contributed by atoms with Crippen molar-refractivity contribution in [3.05, 3.63) is 29.8 Å². The minimum absolute atomic E-state index is 0.0582. The molecule has 5 nitrogen and oxygen atoms in total. The van der Waals surface area contributed by atoms with E-state index in [4.69, 9.17) is 0 Å². The summed E-state index contributed by atoms with van der Waals surface area (Å²) in [5, 5.41) is 5.82. The molecule has 0 atom stereocenters. The van der Waals surface area contributed by atoms with Gasteiger partial charge in [0.25, 0.3) is 0 Å². The number of amides is 1. The molecule has 2 N–H and O–H groups in total. The molecule has 1 saturated carbocycles. The van der Waals surface area contributed by atoms with E-state index in [0.29, 0.717) is 17.3 Å². The Kier molecular flexibility index (Phi) is 3.82. The van der Waals surface area contributed by atoms with Crippen LogP contribution in [0, 0.1) is 0 Å². The zero-order chi connectivity index (χ0) is 13.0. The van der Waals surface area contributed by atoms with Crippen molar-refractivity contribution in [1.82, 2.24) is 5.32 Å². The van der Waals surface area contributed by atoms with Gasteiger partial charge in [-0.15, -0.1) is 0 Å². The molecule has 0 aromatic heterocycles. The van der Waals surface area contributed by atoms with Crippen molar-refractivity contribution in [1.29, 1.82) is 0 Å². The Morgan fingerprint density at radius 3 is 2.72 bits per heavy atom. The lowest BCUT2D eigenvalue weighted by molar-refractivity contribution is -0.119. The molecule has 1 aromatic rings. The molecule has 18 heavy (non-hydrogen) atoms. The predicted molar refractivity (Wildman–Crippen MR) is 67.4 cm³/mol. The monoisotopic (exact) mass is 248 g/mol. The van der Waals surface area contributed by atoms with E-state index >= 15 is 0 Å². The van der Waals surface area contributed by atoms with E-state index in [2.05, 4.69) is 15.4 Å². The van der Waals surface area contributed by atoms with Gasteiger partial charge in [-0.1, -0.05) is 12.1 Å². The van der Waals surface area contributed by atoms with Gasteiger partial charge in [-0.05, 0) is 25.0 Å². The molecule has 1 amide bonds. The molecule has 0 radical (unpaired) electrons. The van der Waals surface area contributed by atoms with Crippen LogP contribution in [0.15, 0.2) is 24.3 Å². The molecule has 0 saturated heterocycles. The second-order valence-electron chi connectivity index (χ2n) is 4.23. The van der Waals surface area contributed by atoms with Gasteiger partial charge in [0, 0.05) is 11.7 Å². The minimum atomic E-state index is -0.416. The van der Waals surface area contributed by atoms with Crippen molar-refractivity contribution in [2.24, 2.45) is 0 Å². The fourth-order valence-electron chi connectivity index (χ4n) is 1.61. The normalized spacial score (nSPS) is 13.8. The van der Waals surface area contributed by atoms with E-state index in [1.807, 2.05) is 0 Å². The summed E-state index contributed by atoms with van der Waals surface area (Å²) >= 11 is 0. The van der Waals surface area contributed by atoms with Gasteiger partial charge in [0.2, 0.25) is 5.91 Å². The SMILES string of the molecule is COC(=O)c1ccccc1NCC(=O)NC1CC1. The van der Waals surface area contributed by atoms with Gasteiger partial charge in [-0.25, -0.2) is 4.79 Å². The molecule has 1 aliphatic rings. The fourth-order valence-corrected chi connectivity index (χ4v) is 1.61. The van der Waals surface area contributed by atoms with Crippen molar-refractivity contribution >= 4 is 17.6 Å². The van der Waals surface area contributed by atoms with Gasteiger partial charge in [0.15, 0.2) is 0 Å². The number of methoxy groups -OCH3 is 1. The number of esters is 1. The van der Waals surface area contributed by atoms with Crippen LogP contribution in [0.1, 0.15) is 23.2 Å². The van der Waals surface area contributed by atoms with Crippen LogP contribution in [0.4, 0.5) is 5.69 Å². The maximum absolute atomic E-state index is 11.5. The van der Waals surface area contributed by atoms with Crippen LogP contribution in [0.5, 0.6) is 0 Å². The zero-order valence-corrected chi connectivity index (χ0v) is 10.2. The Balaban J connectivity index is 1.95. The molecule has 1 aliphatic carbocycles. The average molecular weight is 248 g/mol. The molecule has 96 valence electrons. The number of ether oxygens (including phenoxy) is 1. The Bertz CT molecular complexity index is 455. The third-order valence-corrected chi connectivity index (χ3v) is 2.71. The molecule has 2 rings (SSSR count). The quantitative estimate of drug-likeness (QED) is 0.767. The fraction of sp³-hybridized carbons (Fsp3) is 0.385. The Morgan fingerprint density at radius 1 is 1.33 bits per heavy atom. The number of carbonyl (C=O) groups is 2. The van der Waals surface area contributed by atoms with Gasteiger partial charge in [-0.2, -0.15) is 0 Å². The molecule has 0 heterocycles. The lowest BCUT2D eigenvalue weighted by Crippen LogP contribution is -2.31. The number of hydrogen-bond donors (Lipinski definition) is 2. The molecule has 0 bridgehead atoms. The van der Waals surface area contributed by atoms with Crippen LogP contribution in [-0.4, -0.2) is 31.6 Å². The van der Waals surface area contributed by atoms with Crippen molar-refractivity contribution < 1.29 is 14.3 Å². The second kappa shape index (κ2) is 5.53. The molecule has 1 fully saturated rings. The Labute approximate surface area is 106 Å². The molecular formula is C13H16N2O3. The van der Waals surface area contributed by atoms with E-state index in [-0.39, 0.29) is 12.5 Å². The third-order valence-electron chi connectivity index (χ3n) is 2.71. The van der Waals surface area contributed by atoms with Crippen molar-refractivity contribution in [2.75, 3.05) is 19.0 Å². The first-order chi connectivity index (χ1) is 8.70. The van der Waals surface area contributed by atoms with Gasteiger partial charge < -0.3 is 15.4 Å². The Hall–Kier alpha value is -2.04. The summed E-state index contributed by atoms with van der Waals surface area (Å²) < 4.78 is 4.68. The van der Waals surface area contributed by atoms with Gasteiger partial charge >= 0.3 is 5.97 Å². The molecular weight excluding hydrogens is 232 g/mol. The summed E-state index contributed by atoms with van der Waals surface area (Å²) in [5.41, 5.74) is 1.04. The van der Waals surface area contributed by atoms with E-state index in [0.717, 1.165) is 12.8 Å². The highest BCUT2D eigenvalue weighted by Gasteiger charge is 2.23. The molecule has 1 aromatic carbocycles. The third kappa shape index (κ3) is 3.23. The average Bonchev–Trinajstić information content (AvgIpc) is 3.19. The number of benzene rings is 1. The Morgan fingerprint density at radius 2 is 2.06 bits per heavy atom. The lowest BCUT2D eigenvalue weighted by atomic mass is 10.2. The summed E-state index contributed by atoms with van der Waals surface area (Å²) in [7, 11) is 1.33. The van der Waals surface area contributed by atoms with Crippen molar-refractivity contribution in [3.63, 3.8) is 0 Å². The van der Waals surface area contributed by atoms with Gasteiger partial charge in [0.05, 0.1) is 19.2 Å². The number of rotatable bonds is 5. The highest BCUT2D eigenvalue weighted by Crippen LogP contribution is 2.19. The number of carbonyl (C=O) groups excluding carboxylic acids is 2. The highest BCUT2D eigenvalue weighted by atomic mass is 16.5. The van der Waals surface area contributed by atoms with Crippen LogP contribution < -0.4 is 10.6 Å². The number of para-hydroxylation sites is 1. The maximum atomic E-state index is 11.5. The first kappa shape index (κ1) is 12.4. The first-order valence-corrected chi connectivity index (χ1v) is 5.91. The minimum Gasteiger partial charge on any atom is -0.465 e. The standard InChI is InChI=1S/C13H16N2O3/c1-18-13(17)10-4-2-3-5-11(10)14-8-12(16)15-9-6-7-9/h2-5,9,14H,6-8H2,1H3,(H,15,16). The summed E-state index contributed by atoms with van der Waals surface area (Å²) in [6.45, 7) is 0.157. The van der Waals surface area contributed by atoms with Gasteiger partial charge in [-0.3, -0.25) is 4.79 Å². The smallest absolute Gasteiger partial charge is 0.339 e. The summed E-state index contributed by atoms with van der Waals surface area (Å²) in [4.78, 5) is 23.0. The molecule has 0 unspecified atom stereocenters. The topological polar surface area (TPSA) is 67.4 Å². The highest BCUT2D eigenvalue weighted by molar-refractivity contribution is 5.96.